The van der Waals surface area contributed by atoms with E-state index in [1.54, 1.807) is 0 Å². The van der Waals surface area contributed by atoms with Crippen molar-refractivity contribution in [3.8, 4) is 28.2 Å². The number of non-ortho nitro benzene ring substituents is 1. The maximum Gasteiger partial charge on any atom is 0.301 e. The molecule has 0 bridgehead atoms. The summed E-state index contributed by atoms with van der Waals surface area (Å²) in [6.07, 6.45) is 0. The van der Waals surface area contributed by atoms with Crippen molar-refractivity contribution >= 4 is 22.3 Å². The number of aryl methyl sites for hydroxylation is 2. The minimum absolute atomic E-state index is 0.0125. The van der Waals surface area contributed by atoms with Gasteiger partial charge in [-0.15, -0.1) is 0 Å². The highest BCUT2D eigenvalue weighted by Crippen LogP contribution is 2.37. The number of rotatable bonds is 7. The lowest BCUT2D eigenvalue weighted by molar-refractivity contribution is -0.394. The molecule has 2 aromatic heterocycles. The van der Waals surface area contributed by atoms with Crippen LogP contribution in [-0.2, 0) is 6.54 Å². The molecular formula is C27H22N6O6. The van der Waals surface area contributed by atoms with Crippen LogP contribution in [0.3, 0.4) is 0 Å². The Morgan fingerprint density at radius 3 is 1.90 bits per heavy atom. The summed E-state index contributed by atoms with van der Waals surface area (Å²) in [5, 5.41) is 42.6. The predicted molar refractivity (Wildman–Crippen MR) is 144 cm³/mol. The maximum atomic E-state index is 13.8. The molecule has 0 saturated carbocycles. The van der Waals surface area contributed by atoms with Crippen molar-refractivity contribution in [2.24, 2.45) is 0 Å². The topological polar surface area (TPSA) is 159 Å². The molecule has 0 aliphatic rings. The van der Waals surface area contributed by atoms with E-state index < -0.39 is 26.8 Å². The van der Waals surface area contributed by atoms with Gasteiger partial charge >= 0.3 is 5.69 Å². The van der Waals surface area contributed by atoms with Gasteiger partial charge in [0.25, 0.3) is 11.2 Å². The molecule has 0 spiro atoms. The van der Waals surface area contributed by atoms with Gasteiger partial charge in [-0.1, -0.05) is 59.7 Å². The van der Waals surface area contributed by atoms with Crippen LogP contribution in [0.4, 0.5) is 11.4 Å². The molecule has 1 N–H and O–H groups in total. The summed E-state index contributed by atoms with van der Waals surface area (Å²) in [5.41, 5.74) is 2.24. The maximum absolute atomic E-state index is 13.8. The lowest BCUT2D eigenvalue weighted by atomic mass is 10.0. The number of hydrogen-bond acceptors (Lipinski definition) is 8. The van der Waals surface area contributed by atoms with Gasteiger partial charge in [0, 0.05) is 17.2 Å². The van der Waals surface area contributed by atoms with Gasteiger partial charge in [-0.25, -0.2) is 9.36 Å². The third kappa shape index (κ3) is 4.53. The molecule has 39 heavy (non-hydrogen) atoms. The second-order valence-electron chi connectivity index (χ2n) is 9.00. The van der Waals surface area contributed by atoms with Gasteiger partial charge in [-0.2, -0.15) is 10.2 Å². The summed E-state index contributed by atoms with van der Waals surface area (Å²) in [4.78, 5) is 35.6. The van der Waals surface area contributed by atoms with Crippen molar-refractivity contribution < 1.29 is 15.0 Å². The smallest absolute Gasteiger partial charge is 0.301 e. The van der Waals surface area contributed by atoms with Crippen LogP contribution in [0.2, 0.25) is 0 Å². The zero-order valence-electron chi connectivity index (χ0n) is 20.9. The Hall–Kier alpha value is -5.23. The van der Waals surface area contributed by atoms with Crippen molar-refractivity contribution in [2.75, 3.05) is 6.61 Å². The minimum atomic E-state index is -0.754. The van der Waals surface area contributed by atoms with E-state index in [-0.39, 0.29) is 24.4 Å². The minimum Gasteiger partial charge on any atom is -0.394 e. The first-order chi connectivity index (χ1) is 18.7. The molecule has 0 radical (unpaired) electrons. The lowest BCUT2D eigenvalue weighted by Gasteiger charge is -2.11. The Kier molecular flexibility index (Phi) is 6.46. The number of aliphatic hydroxyl groups is 1. The molecule has 12 heteroatoms. The largest absolute Gasteiger partial charge is 0.394 e. The third-order valence-electron chi connectivity index (χ3n) is 6.34. The van der Waals surface area contributed by atoms with Gasteiger partial charge in [0.15, 0.2) is 0 Å². The quantitative estimate of drug-likeness (QED) is 0.242. The molecule has 3 aromatic carbocycles. The second-order valence-corrected chi connectivity index (χ2v) is 9.00. The standard InChI is InChI=1S/C27H22N6O6/c1-16-3-7-18(8-4-16)24-23-25(19-9-5-17(2)6-10-19)29-31(26(23)27(35)30(28-24)13-14-34)21-12-11-20(32(36)37)15-22(21)33(38)39/h3-12,15,34H,13-14H2,1-2H3. The number of aliphatic hydroxyl groups excluding tert-OH is 1. The normalized spacial score (nSPS) is 11.2. The molecular weight excluding hydrogens is 504 g/mol. The second kappa shape index (κ2) is 9.91. The van der Waals surface area contributed by atoms with Crippen molar-refractivity contribution in [3.05, 3.63) is 108 Å². The van der Waals surface area contributed by atoms with E-state index in [1.165, 1.54) is 6.07 Å². The fourth-order valence-electron chi connectivity index (χ4n) is 4.38. The van der Waals surface area contributed by atoms with Crippen LogP contribution in [0.15, 0.2) is 71.5 Å². The molecule has 196 valence electrons. The number of aromatic nitrogens is 4. The van der Waals surface area contributed by atoms with E-state index in [1.807, 2.05) is 62.4 Å². The summed E-state index contributed by atoms with van der Waals surface area (Å²) in [7, 11) is 0. The number of nitrogens with zero attached hydrogens (tertiary/aromatic N) is 6. The van der Waals surface area contributed by atoms with Crippen LogP contribution in [0.5, 0.6) is 0 Å². The predicted octanol–water partition coefficient (Wildman–Crippen LogP) is 4.34. The first-order valence-electron chi connectivity index (χ1n) is 11.9. The van der Waals surface area contributed by atoms with Gasteiger partial charge < -0.3 is 5.11 Å². The molecule has 0 aliphatic heterocycles. The van der Waals surface area contributed by atoms with E-state index in [0.29, 0.717) is 27.9 Å². The molecule has 5 aromatic rings. The van der Waals surface area contributed by atoms with Crippen LogP contribution >= 0.6 is 0 Å². The van der Waals surface area contributed by atoms with Gasteiger partial charge in [-0.05, 0) is 19.9 Å². The Morgan fingerprint density at radius 1 is 0.821 bits per heavy atom. The van der Waals surface area contributed by atoms with Gasteiger partial charge in [0.1, 0.15) is 22.6 Å². The highest BCUT2D eigenvalue weighted by Gasteiger charge is 2.28. The summed E-state index contributed by atoms with van der Waals surface area (Å²) in [5.74, 6) is 0. The SMILES string of the molecule is Cc1ccc(-c2nn(CCO)c(=O)c3c2c(-c2ccc(C)cc2)nn3-c2ccc([N+](=O)[O-])cc2[N+](=O)[O-])cc1. The fourth-order valence-corrected chi connectivity index (χ4v) is 4.38. The van der Waals surface area contributed by atoms with E-state index in [0.717, 1.165) is 32.6 Å². The zero-order chi connectivity index (χ0) is 27.8. The molecule has 12 nitrogen and oxygen atoms in total. The average Bonchev–Trinajstić information content (AvgIpc) is 3.32. The van der Waals surface area contributed by atoms with Crippen molar-refractivity contribution in [1.29, 1.82) is 0 Å². The monoisotopic (exact) mass is 526 g/mol. The number of fused-ring (bicyclic) bond motifs is 1. The molecule has 0 unspecified atom stereocenters. The number of hydrogen-bond donors (Lipinski definition) is 1. The number of nitro groups is 2. The van der Waals surface area contributed by atoms with Crippen LogP contribution in [0.1, 0.15) is 11.1 Å². The van der Waals surface area contributed by atoms with E-state index in [4.69, 9.17) is 0 Å². The Bertz CT molecular complexity index is 1810. The third-order valence-corrected chi connectivity index (χ3v) is 6.34. The first-order valence-corrected chi connectivity index (χ1v) is 11.9. The molecule has 0 atom stereocenters. The summed E-state index contributed by atoms with van der Waals surface area (Å²) in [6, 6.07) is 18.0. The van der Waals surface area contributed by atoms with Crippen molar-refractivity contribution in [3.63, 3.8) is 0 Å². The number of benzene rings is 3. The molecule has 2 heterocycles. The van der Waals surface area contributed by atoms with Crippen LogP contribution in [0, 0.1) is 34.1 Å². The first kappa shape index (κ1) is 25.4. The van der Waals surface area contributed by atoms with Crippen molar-refractivity contribution in [1.82, 2.24) is 19.6 Å². The fraction of sp³-hybridized carbons (Fsp3) is 0.148. The Morgan fingerprint density at radius 2 is 1.38 bits per heavy atom. The summed E-state index contributed by atoms with van der Waals surface area (Å²) >= 11 is 0. The van der Waals surface area contributed by atoms with E-state index >= 15 is 0 Å². The van der Waals surface area contributed by atoms with Crippen molar-refractivity contribution in [2.45, 2.75) is 20.4 Å². The van der Waals surface area contributed by atoms with Crippen LogP contribution in [-0.4, -0.2) is 41.1 Å². The van der Waals surface area contributed by atoms with Gasteiger partial charge in [0.05, 0.1) is 34.5 Å². The molecule has 0 fully saturated rings. The van der Waals surface area contributed by atoms with Gasteiger partial charge in [-0.3, -0.25) is 25.0 Å². The van der Waals surface area contributed by atoms with Gasteiger partial charge in [0.2, 0.25) is 0 Å². The zero-order valence-corrected chi connectivity index (χ0v) is 20.9. The van der Waals surface area contributed by atoms with E-state index in [2.05, 4.69) is 10.2 Å². The molecule has 0 amide bonds. The molecule has 0 saturated heterocycles. The molecule has 0 aliphatic carbocycles. The van der Waals surface area contributed by atoms with Crippen LogP contribution in [0.25, 0.3) is 39.1 Å². The average molecular weight is 527 g/mol. The highest BCUT2D eigenvalue weighted by molar-refractivity contribution is 6.03. The highest BCUT2D eigenvalue weighted by atomic mass is 16.6. The molecule has 5 rings (SSSR count). The number of nitro benzene ring substituents is 2. The van der Waals surface area contributed by atoms with Crippen LogP contribution < -0.4 is 5.56 Å². The van der Waals surface area contributed by atoms with E-state index in [9.17, 15) is 30.1 Å². The summed E-state index contributed by atoms with van der Waals surface area (Å²) in [6.45, 7) is 3.36. The summed E-state index contributed by atoms with van der Waals surface area (Å²) < 4.78 is 2.23. The lowest BCUT2D eigenvalue weighted by Crippen LogP contribution is -2.26. The Balaban J connectivity index is 1.96. The Labute approximate surface area is 220 Å².